The van der Waals surface area contributed by atoms with Gasteiger partial charge in [0.2, 0.25) is 23.6 Å². The number of rotatable bonds is 20. The fourth-order valence-electron chi connectivity index (χ4n) is 9.25. The lowest BCUT2D eigenvalue weighted by Crippen LogP contribution is -2.72. The van der Waals surface area contributed by atoms with Crippen molar-refractivity contribution in [3.8, 4) is 0 Å². The molecule has 0 saturated carbocycles. The molecule has 0 aromatic heterocycles. The summed E-state index contributed by atoms with van der Waals surface area (Å²) in [5, 5.41) is 172. The predicted octanol–water partition coefficient (Wildman–Crippen LogP) is -12.1. The summed E-state index contributed by atoms with van der Waals surface area (Å²) in [5.41, 5.74) is 0. The quantitative estimate of drug-likeness (QED) is 0.0538. The number of ether oxygens (including phenoxy) is 9. The van der Waals surface area contributed by atoms with Crippen molar-refractivity contribution in [2.75, 3.05) is 33.0 Å². The van der Waals surface area contributed by atoms with Gasteiger partial charge in [0, 0.05) is 34.1 Å². The molecular weight excluding hydrogens is 1010 g/mol. The maximum Gasteiger partial charge on any atom is 0.364 e. The van der Waals surface area contributed by atoms with Crippen LogP contribution in [0.5, 0.6) is 0 Å². The van der Waals surface area contributed by atoms with E-state index in [0.29, 0.717) is 0 Å². The summed E-state index contributed by atoms with van der Waals surface area (Å²) in [4.78, 5) is 62.1. The van der Waals surface area contributed by atoms with E-state index in [9.17, 15) is 101 Å². The normalized spacial score (nSPS) is 43.6. The van der Waals surface area contributed by atoms with E-state index in [2.05, 4.69) is 21.3 Å². The van der Waals surface area contributed by atoms with E-state index >= 15 is 0 Å². The van der Waals surface area contributed by atoms with Gasteiger partial charge in [0.25, 0.3) is 5.79 Å². The number of aliphatic hydroxyl groups excluding tert-OH is 14. The molecule has 0 aromatic carbocycles. The summed E-state index contributed by atoms with van der Waals surface area (Å²) < 4.78 is 52.4. The number of carbonyl (C=O) groups excluding carboxylic acids is 4. The minimum Gasteiger partial charge on any atom is -0.477 e. The van der Waals surface area contributed by atoms with E-state index in [1.54, 1.807) is 0 Å². The first-order valence-corrected chi connectivity index (χ1v) is 23.2. The Morgan fingerprint density at radius 3 is 1.57 bits per heavy atom. The Morgan fingerprint density at radius 1 is 0.554 bits per heavy atom. The lowest BCUT2D eigenvalue weighted by Gasteiger charge is -2.52. The predicted molar refractivity (Wildman–Crippen MR) is 230 cm³/mol. The van der Waals surface area contributed by atoms with Crippen LogP contribution < -0.4 is 21.3 Å². The van der Waals surface area contributed by atoms with Gasteiger partial charge < -0.3 is 140 Å². The summed E-state index contributed by atoms with van der Waals surface area (Å²) in [7, 11) is 0. The first-order chi connectivity index (χ1) is 34.7. The van der Waals surface area contributed by atoms with Gasteiger partial charge in [-0.3, -0.25) is 19.2 Å². The lowest BCUT2D eigenvalue weighted by molar-refractivity contribution is -0.398. The number of carbonyl (C=O) groups is 5. The molecule has 426 valence electrons. The molecule has 5 fully saturated rings. The van der Waals surface area contributed by atoms with Crippen molar-refractivity contribution >= 4 is 29.6 Å². The molecule has 0 unspecified atom stereocenters. The fourth-order valence-corrected chi connectivity index (χ4v) is 9.25. The van der Waals surface area contributed by atoms with Crippen LogP contribution in [0.2, 0.25) is 0 Å². The molecule has 0 spiro atoms. The van der Waals surface area contributed by atoms with Gasteiger partial charge in [-0.25, -0.2) is 4.79 Å². The molecule has 33 nitrogen and oxygen atoms in total. The average molecular weight is 1080 g/mol. The van der Waals surface area contributed by atoms with E-state index in [1.165, 1.54) is 0 Å². The van der Waals surface area contributed by atoms with E-state index < -0.39 is 228 Å². The monoisotopic (exact) mass is 1080 g/mol. The van der Waals surface area contributed by atoms with Gasteiger partial charge in [-0.2, -0.15) is 0 Å². The Morgan fingerprint density at radius 2 is 1.03 bits per heavy atom. The minimum atomic E-state index is -3.31. The van der Waals surface area contributed by atoms with Crippen molar-refractivity contribution in [3.63, 3.8) is 0 Å². The molecule has 19 N–H and O–H groups in total. The summed E-state index contributed by atoms with van der Waals surface area (Å²) in [5.74, 6) is -8.65. The second-order valence-electron chi connectivity index (χ2n) is 18.4. The van der Waals surface area contributed by atoms with Crippen molar-refractivity contribution in [1.82, 2.24) is 21.3 Å². The Hall–Kier alpha value is -3.57. The SMILES string of the molecule is CC(=O)N[C@@H]1[C@@H](O)[C@@H](O)[C@@H](CO[C@@H]2O[C@H](CO)[C@@H](O[C@@H]3O[C@H](CO)[C@H](O[C@@H]4O[C@H](CO)[C@H](O)[C@H](O)[C@H]4NC(C)=O)[C@H](O[C@]4(C(=O)O)C[C@H](O)[C@@H](NC(C)=O)[C@H]([C@H](O)[C@H](O)CO)O4)[C@H]3O)[C@H](O)[C@H]2NC(C)=O)O[C@@H]1O. The zero-order chi connectivity index (χ0) is 55.3. The molecule has 5 heterocycles. The molecule has 33 heteroatoms. The van der Waals surface area contributed by atoms with E-state index in [4.69, 9.17) is 42.6 Å². The van der Waals surface area contributed by atoms with Crippen LogP contribution in [0.4, 0.5) is 0 Å². The molecule has 4 amide bonds. The van der Waals surface area contributed by atoms with Crippen LogP contribution in [-0.2, 0) is 66.6 Å². The molecule has 26 atom stereocenters. The first kappa shape index (κ1) is 61.3. The van der Waals surface area contributed by atoms with Gasteiger partial charge in [-0.1, -0.05) is 0 Å². The van der Waals surface area contributed by atoms with Crippen LogP contribution in [0.3, 0.4) is 0 Å². The zero-order valence-corrected chi connectivity index (χ0v) is 40.1. The number of nitrogens with one attached hydrogen (secondary N) is 4. The highest BCUT2D eigenvalue weighted by Gasteiger charge is 2.62. The van der Waals surface area contributed by atoms with E-state index in [0.717, 1.165) is 27.7 Å². The minimum absolute atomic E-state index is 0.682. The molecule has 5 aliphatic heterocycles. The molecule has 0 radical (unpaired) electrons. The van der Waals surface area contributed by atoms with Gasteiger partial charge in [0.05, 0.1) is 45.2 Å². The molecular formula is C41H68N4O29. The highest BCUT2D eigenvalue weighted by molar-refractivity contribution is 5.77. The van der Waals surface area contributed by atoms with Crippen LogP contribution in [-0.4, -0.2) is 298 Å². The summed E-state index contributed by atoms with van der Waals surface area (Å²) in [6.07, 6.45) is -43.2. The molecule has 5 rings (SSSR count). The molecule has 0 aliphatic carbocycles. The Bertz CT molecular complexity index is 1900. The van der Waals surface area contributed by atoms with Gasteiger partial charge in [-0.05, 0) is 0 Å². The van der Waals surface area contributed by atoms with Crippen LogP contribution in [0.15, 0.2) is 0 Å². The second kappa shape index (κ2) is 26.2. The van der Waals surface area contributed by atoms with E-state index in [1.807, 2.05) is 0 Å². The summed E-state index contributed by atoms with van der Waals surface area (Å²) in [6.45, 7) is -1.12. The molecule has 0 bridgehead atoms. The van der Waals surface area contributed by atoms with Crippen molar-refractivity contribution in [2.45, 2.75) is 193 Å². The van der Waals surface area contributed by atoms with Crippen LogP contribution in [0.25, 0.3) is 0 Å². The Labute approximate surface area is 419 Å². The van der Waals surface area contributed by atoms with Crippen LogP contribution in [0, 0.1) is 0 Å². The number of hydrogen-bond acceptors (Lipinski definition) is 28. The van der Waals surface area contributed by atoms with Gasteiger partial charge >= 0.3 is 5.97 Å². The van der Waals surface area contributed by atoms with Crippen molar-refractivity contribution in [3.05, 3.63) is 0 Å². The zero-order valence-electron chi connectivity index (χ0n) is 40.1. The van der Waals surface area contributed by atoms with E-state index in [-0.39, 0.29) is 0 Å². The Kier molecular flexibility index (Phi) is 21.7. The van der Waals surface area contributed by atoms with Crippen LogP contribution >= 0.6 is 0 Å². The first-order valence-electron chi connectivity index (χ1n) is 23.2. The number of hydrogen-bond donors (Lipinski definition) is 19. The smallest absolute Gasteiger partial charge is 0.364 e. The third-order valence-electron chi connectivity index (χ3n) is 12.9. The van der Waals surface area contributed by atoms with Crippen LogP contribution in [0.1, 0.15) is 34.1 Å². The van der Waals surface area contributed by atoms with Gasteiger partial charge in [0.1, 0.15) is 116 Å². The van der Waals surface area contributed by atoms with Crippen molar-refractivity contribution < 1.29 is 143 Å². The standard InChI is InChI=1S/C41H68N4O29/c1-11(50)42-21-15(54)5-41(40(64)65,73-34(21)25(56)16(55)6-46)74-35-31(62)39(70-19(9-49)33(35)72-38-23(44-13(3)52)29(60)26(57)17(7-47)68-38)71-32-18(8-48)69-37(24(30(32)61)45-14(4)53)66-10-20-27(58)28(59)22(36(63)67-20)43-12(2)51/h15-39,46-49,54-63H,5-10H2,1-4H3,(H,42,50)(H,43,51)(H,44,52)(H,45,53)(H,64,65)/t15-,16+,17+,18+,19+,20+,21+,22+,23+,24+,25+,26-,27-,28+,29+,30+,31+,32+,33-,34+,35+,36-,37+,38-,39-,41-/m0/s1. The maximum atomic E-state index is 13.4. The lowest BCUT2D eigenvalue weighted by atomic mass is 9.88. The highest BCUT2D eigenvalue weighted by atomic mass is 16.8. The largest absolute Gasteiger partial charge is 0.477 e. The number of carboxylic acid groups (broad SMARTS) is 1. The third-order valence-corrected chi connectivity index (χ3v) is 12.9. The molecule has 74 heavy (non-hydrogen) atoms. The molecule has 5 saturated heterocycles. The fraction of sp³-hybridized carbons (Fsp3) is 0.878. The highest BCUT2D eigenvalue weighted by Crippen LogP contribution is 2.40. The van der Waals surface area contributed by atoms with Crippen molar-refractivity contribution in [1.29, 1.82) is 0 Å². The number of aliphatic carboxylic acids is 1. The topological polar surface area (TPSA) is 520 Å². The third kappa shape index (κ3) is 13.7. The Balaban J connectivity index is 1.52. The number of amides is 4. The molecule has 5 aliphatic rings. The number of aliphatic hydroxyl groups is 14. The molecule has 0 aromatic rings. The summed E-state index contributed by atoms with van der Waals surface area (Å²) in [6, 6.07) is -6.66. The van der Waals surface area contributed by atoms with Gasteiger partial charge in [-0.15, -0.1) is 0 Å². The second-order valence-corrected chi connectivity index (χ2v) is 18.4. The van der Waals surface area contributed by atoms with Gasteiger partial charge in [0.15, 0.2) is 25.2 Å². The number of carboxylic acids is 1. The van der Waals surface area contributed by atoms with Crippen molar-refractivity contribution in [2.24, 2.45) is 0 Å². The maximum absolute atomic E-state index is 13.4. The average Bonchev–Trinajstić information content (AvgIpc) is 3.33. The summed E-state index contributed by atoms with van der Waals surface area (Å²) >= 11 is 0.